The molecular formula is C30H37N5O4S2. The van der Waals surface area contributed by atoms with Gasteiger partial charge < -0.3 is 20.2 Å². The zero-order valence-corrected chi connectivity index (χ0v) is 25.3. The summed E-state index contributed by atoms with van der Waals surface area (Å²) >= 11 is 3.01. The second-order valence-corrected chi connectivity index (χ2v) is 12.6. The maximum atomic E-state index is 13.0. The highest BCUT2D eigenvalue weighted by Gasteiger charge is 2.23. The Kier molecular flexibility index (Phi) is 10.9. The molecule has 0 radical (unpaired) electrons. The van der Waals surface area contributed by atoms with Crippen LogP contribution in [0.3, 0.4) is 0 Å². The highest BCUT2D eigenvalue weighted by atomic mass is 32.2. The van der Waals surface area contributed by atoms with E-state index in [1.165, 1.54) is 11.3 Å². The predicted molar refractivity (Wildman–Crippen MR) is 163 cm³/mol. The minimum Gasteiger partial charge on any atom is -0.395 e. The predicted octanol–water partition coefficient (Wildman–Crippen LogP) is 4.10. The molecule has 2 aromatic carbocycles. The van der Waals surface area contributed by atoms with E-state index < -0.39 is 0 Å². The molecule has 2 heterocycles. The van der Waals surface area contributed by atoms with Crippen molar-refractivity contribution in [2.75, 3.05) is 38.1 Å². The van der Waals surface area contributed by atoms with Crippen LogP contribution in [0.5, 0.6) is 0 Å². The van der Waals surface area contributed by atoms with Gasteiger partial charge in [0.15, 0.2) is 5.13 Å². The second-order valence-electron chi connectivity index (χ2n) is 10.3. The zero-order chi connectivity index (χ0) is 29.4. The third-order valence-corrected chi connectivity index (χ3v) is 9.24. The van der Waals surface area contributed by atoms with Crippen LogP contribution in [-0.2, 0) is 17.1 Å². The van der Waals surface area contributed by atoms with Crippen molar-refractivity contribution in [3.8, 4) is 0 Å². The van der Waals surface area contributed by atoms with Crippen LogP contribution in [-0.4, -0.2) is 76.4 Å². The van der Waals surface area contributed by atoms with Crippen LogP contribution in [0.2, 0.25) is 0 Å². The summed E-state index contributed by atoms with van der Waals surface area (Å²) in [7, 11) is 0. The van der Waals surface area contributed by atoms with E-state index in [2.05, 4.69) is 29.5 Å². The fraction of sp³-hybridized carbons (Fsp3) is 0.400. The van der Waals surface area contributed by atoms with Gasteiger partial charge in [-0.2, -0.15) is 0 Å². The Morgan fingerprint density at radius 3 is 2.37 bits per heavy atom. The largest absolute Gasteiger partial charge is 0.395 e. The maximum absolute atomic E-state index is 13.0. The normalized spacial score (nSPS) is 14.3. The number of aliphatic hydroxyl groups is 1. The molecule has 3 aromatic rings. The van der Waals surface area contributed by atoms with Crippen LogP contribution in [0, 0.1) is 5.92 Å². The first-order valence-electron chi connectivity index (χ1n) is 13.7. The standard InChI is InChI=1S/C30H37N5O4S2/c1-20(2)26(18-36)31-16-22-7-9-24(10-8-22)28(38)33-30-32-17-27(41-30)40-19-23-5-4-6-25(15-23)29(39)35-13-11-34(12-14-35)21(3)37/h4-10,15,17,20,26,31,36H,11-14,16,18-19H2,1-3H3,(H,32,33,38). The molecule has 11 heteroatoms. The first-order valence-corrected chi connectivity index (χ1v) is 15.5. The smallest absolute Gasteiger partial charge is 0.257 e. The molecule has 3 N–H and O–H groups in total. The molecular weight excluding hydrogens is 558 g/mol. The number of amides is 3. The minimum atomic E-state index is -0.221. The molecule has 218 valence electrons. The van der Waals surface area contributed by atoms with Crippen molar-refractivity contribution >= 4 is 46.0 Å². The molecule has 0 aliphatic carbocycles. The average Bonchev–Trinajstić information content (AvgIpc) is 3.43. The lowest BCUT2D eigenvalue weighted by Crippen LogP contribution is -2.50. The quantitative estimate of drug-likeness (QED) is 0.286. The van der Waals surface area contributed by atoms with Crippen molar-refractivity contribution in [3.05, 3.63) is 77.0 Å². The number of benzene rings is 2. The first kappa shape index (κ1) is 30.7. The first-order chi connectivity index (χ1) is 19.7. The molecule has 1 fully saturated rings. The molecule has 1 aromatic heterocycles. The highest BCUT2D eigenvalue weighted by Crippen LogP contribution is 2.31. The van der Waals surface area contributed by atoms with E-state index in [0.717, 1.165) is 15.3 Å². The monoisotopic (exact) mass is 595 g/mol. The lowest BCUT2D eigenvalue weighted by Gasteiger charge is -2.34. The van der Waals surface area contributed by atoms with Gasteiger partial charge >= 0.3 is 0 Å². The lowest BCUT2D eigenvalue weighted by atomic mass is 10.0. The van der Waals surface area contributed by atoms with Crippen molar-refractivity contribution in [2.24, 2.45) is 5.92 Å². The number of nitrogens with one attached hydrogen (secondary N) is 2. The summed E-state index contributed by atoms with van der Waals surface area (Å²) in [5.41, 5.74) is 3.25. The Hall–Kier alpha value is -3.25. The maximum Gasteiger partial charge on any atom is 0.257 e. The summed E-state index contributed by atoms with van der Waals surface area (Å²) in [5, 5.41) is 16.2. The van der Waals surface area contributed by atoms with Gasteiger partial charge in [0.1, 0.15) is 0 Å². The summed E-state index contributed by atoms with van der Waals surface area (Å²) in [6, 6.07) is 15.1. The van der Waals surface area contributed by atoms with E-state index in [0.29, 0.717) is 60.7 Å². The molecule has 0 bridgehead atoms. The van der Waals surface area contributed by atoms with Crippen LogP contribution in [0.25, 0.3) is 0 Å². The summed E-state index contributed by atoms with van der Waals surface area (Å²) in [4.78, 5) is 45.2. The number of thiazole rings is 1. The Morgan fingerprint density at radius 2 is 1.71 bits per heavy atom. The number of anilines is 1. The van der Waals surface area contributed by atoms with Gasteiger partial charge in [-0.05, 0) is 41.3 Å². The number of aliphatic hydroxyl groups excluding tert-OH is 1. The van der Waals surface area contributed by atoms with Gasteiger partial charge in [0.25, 0.3) is 11.8 Å². The van der Waals surface area contributed by atoms with E-state index >= 15 is 0 Å². The van der Waals surface area contributed by atoms with E-state index in [9.17, 15) is 19.5 Å². The lowest BCUT2D eigenvalue weighted by molar-refractivity contribution is -0.130. The molecule has 0 saturated carbocycles. The number of carbonyl (C=O) groups is 3. The number of carbonyl (C=O) groups excluding carboxylic acids is 3. The van der Waals surface area contributed by atoms with Gasteiger partial charge in [-0.3, -0.25) is 19.7 Å². The van der Waals surface area contributed by atoms with Crippen molar-refractivity contribution in [2.45, 2.75) is 43.3 Å². The third kappa shape index (κ3) is 8.62. The Balaban J connectivity index is 1.26. The van der Waals surface area contributed by atoms with Gasteiger partial charge in [0.2, 0.25) is 5.91 Å². The number of aromatic nitrogens is 1. The Labute approximate surface area is 249 Å². The summed E-state index contributed by atoms with van der Waals surface area (Å²) in [6.45, 7) is 8.59. The van der Waals surface area contributed by atoms with Crippen molar-refractivity contribution in [1.29, 1.82) is 0 Å². The number of thioether (sulfide) groups is 1. The van der Waals surface area contributed by atoms with Crippen molar-refractivity contribution in [3.63, 3.8) is 0 Å². The van der Waals surface area contributed by atoms with Crippen LogP contribution >= 0.6 is 23.1 Å². The average molecular weight is 596 g/mol. The van der Waals surface area contributed by atoms with Crippen LogP contribution in [0.15, 0.2) is 58.9 Å². The van der Waals surface area contributed by atoms with E-state index in [1.54, 1.807) is 46.8 Å². The Bertz CT molecular complexity index is 1340. The molecule has 1 aliphatic rings. The molecule has 1 saturated heterocycles. The molecule has 3 amide bonds. The van der Waals surface area contributed by atoms with Crippen molar-refractivity contribution in [1.82, 2.24) is 20.1 Å². The summed E-state index contributed by atoms with van der Waals surface area (Å²) < 4.78 is 0.961. The van der Waals surface area contributed by atoms with Crippen LogP contribution in [0.4, 0.5) is 5.13 Å². The second kappa shape index (κ2) is 14.6. The fourth-order valence-corrected chi connectivity index (χ4v) is 6.25. The molecule has 4 rings (SSSR count). The molecule has 41 heavy (non-hydrogen) atoms. The molecule has 1 aliphatic heterocycles. The van der Waals surface area contributed by atoms with Gasteiger partial charge in [-0.15, -0.1) is 11.8 Å². The minimum absolute atomic E-state index is 0.0166. The van der Waals surface area contributed by atoms with Gasteiger partial charge in [-0.1, -0.05) is 49.4 Å². The fourth-order valence-electron chi connectivity index (χ4n) is 4.44. The zero-order valence-electron chi connectivity index (χ0n) is 23.6. The van der Waals surface area contributed by atoms with E-state index in [1.807, 2.05) is 36.4 Å². The molecule has 1 unspecified atom stereocenters. The third-order valence-electron chi connectivity index (χ3n) is 7.06. The number of nitrogens with zero attached hydrogens (tertiary/aromatic N) is 3. The topological polar surface area (TPSA) is 115 Å². The molecule has 0 spiro atoms. The molecule has 9 nitrogen and oxygen atoms in total. The van der Waals surface area contributed by atoms with E-state index in [-0.39, 0.29) is 30.4 Å². The van der Waals surface area contributed by atoms with Gasteiger partial charge in [0, 0.05) is 62.6 Å². The van der Waals surface area contributed by atoms with E-state index in [4.69, 9.17) is 0 Å². The number of rotatable bonds is 11. The van der Waals surface area contributed by atoms with Gasteiger partial charge in [0.05, 0.1) is 17.0 Å². The SMILES string of the molecule is CC(=O)N1CCN(C(=O)c2cccc(CSc3cnc(NC(=O)c4ccc(CNC(CO)C(C)C)cc4)s3)c2)CC1. The highest BCUT2D eigenvalue weighted by molar-refractivity contribution is 8.00. The summed E-state index contributed by atoms with van der Waals surface area (Å²) in [6.07, 6.45) is 1.75. The Morgan fingerprint density at radius 1 is 1.00 bits per heavy atom. The summed E-state index contributed by atoms with van der Waals surface area (Å²) in [5.74, 6) is 0.795. The van der Waals surface area contributed by atoms with Crippen molar-refractivity contribution < 1.29 is 19.5 Å². The number of hydrogen-bond donors (Lipinski definition) is 3. The molecule has 1 atom stereocenters. The van der Waals surface area contributed by atoms with Crippen LogP contribution < -0.4 is 10.6 Å². The number of hydrogen-bond acceptors (Lipinski definition) is 8. The number of piperazine rings is 1. The van der Waals surface area contributed by atoms with Gasteiger partial charge in [-0.25, -0.2) is 4.98 Å². The van der Waals surface area contributed by atoms with Crippen LogP contribution in [0.1, 0.15) is 52.6 Å².